The standard InChI is InChI=1S/C20H22N4O3S2/c1-12(2)24-19(26)15(29-20(24)28)10-14-17(21-11-13-6-5-9-27-13)22-16-7-3-4-8-23(16)18(14)25/h3-4,7-8,10,12-13,21H,5-6,9,11H2,1-2H3/b15-10+. The van der Waals surface area contributed by atoms with Crippen molar-refractivity contribution in [3.05, 3.63) is 45.2 Å². The number of nitrogens with zero attached hydrogens (tertiary/aromatic N) is 3. The summed E-state index contributed by atoms with van der Waals surface area (Å²) >= 11 is 6.56. The average molecular weight is 431 g/mol. The van der Waals surface area contributed by atoms with Crippen LogP contribution in [-0.2, 0) is 9.53 Å². The van der Waals surface area contributed by atoms with E-state index in [1.165, 1.54) is 16.2 Å². The van der Waals surface area contributed by atoms with Gasteiger partial charge in [0.2, 0.25) is 0 Å². The molecule has 0 bridgehead atoms. The molecule has 2 aliphatic heterocycles. The van der Waals surface area contributed by atoms with Crippen LogP contribution in [0.15, 0.2) is 34.1 Å². The molecule has 2 fully saturated rings. The number of hydrogen-bond donors (Lipinski definition) is 1. The number of ether oxygens (including phenoxy) is 1. The van der Waals surface area contributed by atoms with Crippen molar-refractivity contribution < 1.29 is 9.53 Å². The van der Waals surface area contributed by atoms with E-state index in [1.54, 1.807) is 29.3 Å². The van der Waals surface area contributed by atoms with Crippen LogP contribution >= 0.6 is 24.0 Å². The summed E-state index contributed by atoms with van der Waals surface area (Å²) in [6.45, 7) is 5.14. The molecule has 1 atom stereocenters. The molecule has 4 rings (SSSR count). The van der Waals surface area contributed by atoms with Gasteiger partial charge in [0.05, 0.1) is 16.6 Å². The molecule has 1 amide bonds. The second kappa shape index (κ2) is 8.25. The van der Waals surface area contributed by atoms with Crippen LogP contribution in [0.3, 0.4) is 0 Å². The fourth-order valence-electron chi connectivity index (χ4n) is 3.44. The Labute approximate surface area is 178 Å². The van der Waals surface area contributed by atoms with Gasteiger partial charge in [-0.1, -0.05) is 30.0 Å². The summed E-state index contributed by atoms with van der Waals surface area (Å²) in [5.41, 5.74) is 0.649. The fourth-order valence-corrected chi connectivity index (χ4v) is 4.95. The maximum absolute atomic E-state index is 13.2. The number of nitrogens with one attached hydrogen (secondary N) is 1. The molecule has 152 valence electrons. The number of fused-ring (bicyclic) bond motifs is 1. The van der Waals surface area contributed by atoms with E-state index in [2.05, 4.69) is 10.3 Å². The second-order valence-corrected chi connectivity index (χ2v) is 8.95. The first-order chi connectivity index (χ1) is 14.0. The van der Waals surface area contributed by atoms with E-state index in [0.717, 1.165) is 19.4 Å². The van der Waals surface area contributed by atoms with Crippen molar-refractivity contribution in [2.24, 2.45) is 0 Å². The molecule has 0 spiro atoms. The Balaban J connectivity index is 1.76. The Morgan fingerprint density at radius 1 is 1.41 bits per heavy atom. The van der Waals surface area contributed by atoms with Crippen molar-refractivity contribution in [2.75, 3.05) is 18.5 Å². The minimum atomic E-state index is -0.236. The average Bonchev–Trinajstić information content (AvgIpc) is 3.30. The predicted molar refractivity (Wildman–Crippen MR) is 119 cm³/mol. The third-order valence-corrected chi connectivity index (χ3v) is 6.24. The molecule has 7 nitrogen and oxygen atoms in total. The molecule has 2 aromatic heterocycles. The number of amides is 1. The Morgan fingerprint density at radius 2 is 2.24 bits per heavy atom. The van der Waals surface area contributed by atoms with E-state index in [4.69, 9.17) is 17.0 Å². The smallest absolute Gasteiger partial charge is 0.267 e. The van der Waals surface area contributed by atoms with Gasteiger partial charge in [-0.05, 0) is 44.9 Å². The highest BCUT2D eigenvalue weighted by molar-refractivity contribution is 8.26. The normalized spacial score (nSPS) is 21.1. The zero-order valence-electron chi connectivity index (χ0n) is 16.3. The van der Waals surface area contributed by atoms with E-state index in [-0.39, 0.29) is 23.6 Å². The summed E-state index contributed by atoms with van der Waals surface area (Å²) in [4.78, 5) is 32.6. The van der Waals surface area contributed by atoms with Gasteiger partial charge < -0.3 is 10.1 Å². The minimum Gasteiger partial charge on any atom is -0.376 e. The van der Waals surface area contributed by atoms with Crippen molar-refractivity contribution in [3.63, 3.8) is 0 Å². The van der Waals surface area contributed by atoms with E-state index in [1.807, 2.05) is 19.9 Å². The number of aromatic nitrogens is 2. The number of anilines is 1. The molecule has 2 aromatic rings. The fraction of sp³-hybridized carbons (Fsp3) is 0.400. The van der Waals surface area contributed by atoms with Crippen molar-refractivity contribution in [1.82, 2.24) is 14.3 Å². The van der Waals surface area contributed by atoms with Crippen molar-refractivity contribution in [2.45, 2.75) is 38.8 Å². The number of pyridine rings is 1. The summed E-state index contributed by atoms with van der Waals surface area (Å²) in [5.74, 6) is 0.268. The van der Waals surface area contributed by atoms with Gasteiger partial charge in [-0.2, -0.15) is 0 Å². The van der Waals surface area contributed by atoms with Crippen LogP contribution in [0.25, 0.3) is 11.7 Å². The number of carbonyl (C=O) groups excluding carboxylic acids is 1. The molecule has 4 heterocycles. The van der Waals surface area contributed by atoms with Crippen LogP contribution < -0.4 is 10.9 Å². The van der Waals surface area contributed by atoms with Crippen LogP contribution in [0.5, 0.6) is 0 Å². The van der Waals surface area contributed by atoms with Crippen molar-refractivity contribution in [1.29, 1.82) is 0 Å². The first-order valence-corrected chi connectivity index (χ1v) is 10.8. The molecule has 9 heteroatoms. The minimum absolute atomic E-state index is 0.0404. The maximum atomic E-state index is 13.2. The van der Waals surface area contributed by atoms with Gasteiger partial charge in [-0.25, -0.2) is 4.98 Å². The number of rotatable bonds is 5. The molecular formula is C20H22N4O3S2. The molecule has 0 aromatic carbocycles. The van der Waals surface area contributed by atoms with Gasteiger partial charge in [0, 0.05) is 25.4 Å². The molecule has 29 heavy (non-hydrogen) atoms. The van der Waals surface area contributed by atoms with Crippen LogP contribution in [0.4, 0.5) is 5.82 Å². The van der Waals surface area contributed by atoms with Gasteiger partial charge in [-0.3, -0.25) is 18.9 Å². The lowest BCUT2D eigenvalue weighted by molar-refractivity contribution is -0.123. The first kappa shape index (κ1) is 20.1. The second-order valence-electron chi connectivity index (χ2n) is 7.27. The first-order valence-electron chi connectivity index (χ1n) is 9.59. The van der Waals surface area contributed by atoms with Crippen LogP contribution in [0.2, 0.25) is 0 Å². The summed E-state index contributed by atoms with van der Waals surface area (Å²) in [5, 5.41) is 3.26. The van der Waals surface area contributed by atoms with Crippen LogP contribution in [0.1, 0.15) is 32.3 Å². The molecule has 1 unspecified atom stereocenters. The quantitative estimate of drug-likeness (QED) is 0.577. The highest BCUT2D eigenvalue weighted by Gasteiger charge is 2.34. The Morgan fingerprint density at radius 3 is 2.93 bits per heavy atom. The molecule has 1 N–H and O–H groups in total. The summed E-state index contributed by atoms with van der Waals surface area (Å²) < 4.78 is 7.64. The topological polar surface area (TPSA) is 75.9 Å². The third kappa shape index (κ3) is 3.94. The lowest BCUT2D eigenvalue weighted by Gasteiger charge is -2.18. The molecule has 0 radical (unpaired) electrons. The number of carbonyl (C=O) groups is 1. The van der Waals surface area contributed by atoms with E-state index in [0.29, 0.717) is 32.8 Å². The summed E-state index contributed by atoms with van der Waals surface area (Å²) in [6.07, 6.45) is 5.38. The number of thiocarbonyl (C=S) groups is 1. The number of hydrogen-bond acceptors (Lipinski definition) is 7. The molecule has 2 saturated heterocycles. The summed E-state index contributed by atoms with van der Waals surface area (Å²) in [7, 11) is 0. The van der Waals surface area contributed by atoms with Gasteiger partial charge in [0.25, 0.3) is 11.5 Å². The van der Waals surface area contributed by atoms with Gasteiger partial charge in [-0.15, -0.1) is 0 Å². The Kier molecular flexibility index (Phi) is 5.71. The molecule has 0 aliphatic carbocycles. The predicted octanol–water partition coefficient (Wildman–Crippen LogP) is 2.90. The lowest BCUT2D eigenvalue weighted by atomic mass is 10.2. The molecule has 0 saturated carbocycles. The zero-order chi connectivity index (χ0) is 20.5. The SMILES string of the molecule is CC(C)N1C(=O)/C(=C\c2c(NCC3CCCO3)nc3ccccn3c2=O)SC1=S. The zero-order valence-corrected chi connectivity index (χ0v) is 17.9. The van der Waals surface area contributed by atoms with E-state index < -0.39 is 0 Å². The van der Waals surface area contributed by atoms with E-state index in [9.17, 15) is 9.59 Å². The van der Waals surface area contributed by atoms with Crippen LogP contribution in [0, 0.1) is 0 Å². The Bertz CT molecular complexity index is 1060. The van der Waals surface area contributed by atoms with Crippen LogP contribution in [-0.4, -0.2) is 49.8 Å². The largest absolute Gasteiger partial charge is 0.376 e. The lowest BCUT2D eigenvalue weighted by Crippen LogP contribution is -2.34. The van der Waals surface area contributed by atoms with Crippen molar-refractivity contribution in [3.8, 4) is 0 Å². The van der Waals surface area contributed by atoms with Gasteiger partial charge in [0.1, 0.15) is 15.8 Å². The molecule has 2 aliphatic rings. The Hall–Kier alpha value is -2.23. The van der Waals surface area contributed by atoms with E-state index >= 15 is 0 Å². The highest BCUT2D eigenvalue weighted by atomic mass is 32.2. The maximum Gasteiger partial charge on any atom is 0.267 e. The third-order valence-electron chi connectivity index (χ3n) is 4.91. The number of thioether (sulfide) groups is 1. The van der Waals surface area contributed by atoms with Gasteiger partial charge in [0.15, 0.2) is 0 Å². The highest BCUT2D eigenvalue weighted by Crippen LogP contribution is 2.34. The van der Waals surface area contributed by atoms with Gasteiger partial charge >= 0.3 is 0 Å². The summed E-state index contributed by atoms with van der Waals surface area (Å²) in [6, 6.07) is 5.35. The van der Waals surface area contributed by atoms with Crippen molar-refractivity contribution >= 4 is 51.7 Å². The monoisotopic (exact) mass is 430 g/mol. The molecular weight excluding hydrogens is 408 g/mol.